The van der Waals surface area contributed by atoms with Gasteiger partial charge >= 0.3 is 0 Å². The first-order valence-electron chi connectivity index (χ1n) is 5.76. The topological polar surface area (TPSA) is 41.6 Å². The van der Waals surface area contributed by atoms with Crippen LogP contribution in [-0.4, -0.2) is 49.7 Å². The maximum absolute atomic E-state index is 12.0. The summed E-state index contributed by atoms with van der Waals surface area (Å²) >= 11 is 0. The molecule has 1 unspecified atom stereocenters. The van der Waals surface area contributed by atoms with Gasteiger partial charge in [-0.2, -0.15) is 0 Å². The van der Waals surface area contributed by atoms with Gasteiger partial charge in [-0.05, 0) is 12.8 Å². The molecule has 1 aliphatic heterocycles. The second kappa shape index (κ2) is 6.08. The molecule has 1 atom stereocenters. The highest BCUT2D eigenvalue weighted by atomic mass is 16.5. The minimum absolute atomic E-state index is 0.124. The van der Waals surface area contributed by atoms with E-state index in [1.807, 2.05) is 11.8 Å². The molecule has 0 radical (unpaired) electrons. The molecule has 0 aromatic rings. The van der Waals surface area contributed by atoms with E-state index in [0.717, 1.165) is 19.6 Å². The number of hydrogen-bond acceptors (Lipinski definition) is 3. The lowest BCUT2D eigenvalue weighted by Crippen LogP contribution is -2.50. The highest BCUT2D eigenvalue weighted by Crippen LogP contribution is 2.05. The van der Waals surface area contributed by atoms with Crippen LogP contribution in [0.25, 0.3) is 0 Å². The summed E-state index contributed by atoms with van der Waals surface area (Å²) in [6.45, 7) is 9.96. The van der Waals surface area contributed by atoms with Crippen LogP contribution in [0, 0.1) is 5.92 Å². The summed E-state index contributed by atoms with van der Waals surface area (Å²) in [5.41, 5.74) is 0. The molecule has 1 saturated heterocycles. The third-order valence-electron chi connectivity index (χ3n) is 2.48. The van der Waals surface area contributed by atoms with Crippen LogP contribution in [0.4, 0.5) is 0 Å². The van der Waals surface area contributed by atoms with Gasteiger partial charge in [0.15, 0.2) is 0 Å². The smallest absolute Gasteiger partial charge is 0.253 e. The first-order chi connectivity index (χ1) is 7.15. The second-order valence-corrected chi connectivity index (χ2v) is 4.33. The molecule has 0 aromatic heterocycles. The fourth-order valence-corrected chi connectivity index (χ4v) is 1.74. The van der Waals surface area contributed by atoms with Crippen LogP contribution in [0.1, 0.15) is 20.8 Å². The van der Waals surface area contributed by atoms with Gasteiger partial charge in [0.1, 0.15) is 6.10 Å². The Morgan fingerprint density at radius 3 is 2.80 bits per heavy atom. The molecular weight excluding hydrogens is 192 g/mol. The first-order valence-corrected chi connectivity index (χ1v) is 5.76. The lowest BCUT2D eigenvalue weighted by molar-refractivity contribution is -0.145. The number of amides is 1. The van der Waals surface area contributed by atoms with Crippen LogP contribution in [-0.2, 0) is 9.53 Å². The summed E-state index contributed by atoms with van der Waals surface area (Å²) in [7, 11) is 0. The number of carbonyl (C=O) groups is 1. The molecule has 0 aliphatic carbocycles. The average molecular weight is 214 g/mol. The molecule has 1 aliphatic rings. The Bertz CT molecular complexity index is 201. The van der Waals surface area contributed by atoms with E-state index in [1.54, 1.807) is 0 Å². The Morgan fingerprint density at radius 2 is 2.33 bits per heavy atom. The Labute approximate surface area is 92.0 Å². The molecule has 4 nitrogen and oxygen atoms in total. The van der Waals surface area contributed by atoms with Gasteiger partial charge in [0.2, 0.25) is 0 Å². The van der Waals surface area contributed by atoms with E-state index in [-0.39, 0.29) is 12.0 Å². The lowest BCUT2D eigenvalue weighted by Gasteiger charge is -2.30. The van der Waals surface area contributed by atoms with Gasteiger partial charge in [-0.15, -0.1) is 0 Å². The molecule has 15 heavy (non-hydrogen) atoms. The van der Waals surface area contributed by atoms with Gasteiger partial charge in [-0.3, -0.25) is 4.79 Å². The van der Waals surface area contributed by atoms with Gasteiger partial charge < -0.3 is 15.0 Å². The number of ether oxygens (including phenoxy) is 1. The van der Waals surface area contributed by atoms with E-state index in [1.165, 1.54) is 0 Å². The van der Waals surface area contributed by atoms with Crippen molar-refractivity contribution in [3.63, 3.8) is 0 Å². The molecule has 1 N–H and O–H groups in total. The average Bonchev–Trinajstić information content (AvgIpc) is 2.26. The minimum Gasteiger partial charge on any atom is -0.366 e. The highest BCUT2D eigenvalue weighted by Gasteiger charge is 2.26. The first kappa shape index (κ1) is 12.5. The van der Waals surface area contributed by atoms with Crippen molar-refractivity contribution in [3.05, 3.63) is 0 Å². The SMILES string of the molecule is CCN(CC(C)C)C(=O)C1CNCCO1. The minimum atomic E-state index is -0.280. The number of nitrogens with zero attached hydrogens (tertiary/aromatic N) is 1. The predicted molar refractivity (Wildman–Crippen MR) is 59.7 cm³/mol. The van der Waals surface area contributed by atoms with E-state index < -0.39 is 0 Å². The van der Waals surface area contributed by atoms with Crippen LogP contribution >= 0.6 is 0 Å². The third-order valence-corrected chi connectivity index (χ3v) is 2.48. The summed E-state index contributed by atoms with van der Waals surface area (Å²) < 4.78 is 5.45. The standard InChI is InChI=1S/C11H22N2O2/c1-4-13(8-9(2)3)11(14)10-7-12-5-6-15-10/h9-10,12H,4-8H2,1-3H3. The number of likely N-dealkylation sites (N-methyl/N-ethyl adjacent to an activating group) is 1. The Morgan fingerprint density at radius 1 is 1.60 bits per heavy atom. The molecule has 0 spiro atoms. The fraction of sp³-hybridized carbons (Fsp3) is 0.909. The molecule has 1 heterocycles. The molecule has 0 aromatic carbocycles. The highest BCUT2D eigenvalue weighted by molar-refractivity contribution is 5.81. The number of rotatable bonds is 4. The summed E-state index contributed by atoms with van der Waals surface area (Å²) in [6.07, 6.45) is -0.280. The molecule has 4 heteroatoms. The number of nitrogens with one attached hydrogen (secondary N) is 1. The number of hydrogen-bond donors (Lipinski definition) is 1. The van der Waals surface area contributed by atoms with Crippen molar-refractivity contribution < 1.29 is 9.53 Å². The molecule has 1 fully saturated rings. The fourth-order valence-electron chi connectivity index (χ4n) is 1.74. The van der Waals surface area contributed by atoms with Crippen molar-refractivity contribution in [2.45, 2.75) is 26.9 Å². The van der Waals surface area contributed by atoms with Crippen LogP contribution in [0.5, 0.6) is 0 Å². The van der Waals surface area contributed by atoms with Crippen LogP contribution in [0.2, 0.25) is 0 Å². The maximum atomic E-state index is 12.0. The van der Waals surface area contributed by atoms with Crippen LogP contribution in [0.15, 0.2) is 0 Å². The van der Waals surface area contributed by atoms with E-state index in [4.69, 9.17) is 4.74 Å². The van der Waals surface area contributed by atoms with E-state index in [9.17, 15) is 4.79 Å². The Kier molecular flexibility index (Phi) is 5.05. The summed E-state index contributed by atoms with van der Waals surface area (Å²) in [4.78, 5) is 13.9. The second-order valence-electron chi connectivity index (χ2n) is 4.33. The van der Waals surface area contributed by atoms with Crippen molar-refractivity contribution in [1.82, 2.24) is 10.2 Å². The molecular formula is C11H22N2O2. The molecule has 0 bridgehead atoms. The zero-order valence-electron chi connectivity index (χ0n) is 9.95. The van der Waals surface area contributed by atoms with Gasteiger partial charge in [0.05, 0.1) is 6.61 Å². The van der Waals surface area contributed by atoms with Crippen LogP contribution < -0.4 is 5.32 Å². The zero-order chi connectivity index (χ0) is 11.3. The summed E-state index contributed by atoms with van der Waals surface area (Å²) in [6, 6.07) is 0. The van der Waals surface area contributed by atoms with E-state index in [2.05, 4.69) is 19.2 Å². The van der Waals surface area contributed by atoms with Crippen molar-refractivity contribution >= 4 is 5.91 Å². The Balaban J connectivity index is 2.47. The largest absolute Gasteiger partial charge is 0.366 e. The lowest BCUT2D eigenvalue weighted by atomic mass is 10.2. The quantitative estimate of drug-likeness (QED) is 0.740. The number of morpholine rings is 1. The van der Waals surface area contributed by atoms with Gasteiger partial charge in [-0.1, -0.05) is 13.8 Å². The predicted octanol–water partition coefficient (Wildman–Crippen LogP) is 0.479. The third kappa shape index (κ3) is 3.80. The molecule has 0 saturated carbocycles. The van der Waals surface area contributed by atoms with Crippen LogP contribution in [0.3, 0.4) is 0 Å². The molecule has 1 rings (SSSR count). The van der Waals surface area contributed by atoms with E-state index in [0.29, 0.717) is 19.1 Å². The summed E-state index contributed by atoms with van der Waals surface area (Å²) in [5.74, 6) is 0.629. The zero-order valence-corrected chi connectivity index (χ0v) is 9.95. The van der Waals surface area contributed by atoms with Crippen molar-refractivity contribution in [3.8, 4) is 0 Å². The van der Waals surface area contributed by atoms with Crippen molar-refractivity contribution in [2.75, 3.05) is 32.8 Å². The van der Waals surface area contributed by atoms with Crippen molar-refractivity contribution in [1.29, 1.82) is 0 Å². The van der Waals surface area contributed by atoms with E-state index >= 15 is 0 Å². The maximum Gasteiger partial charge on any atom is 0.253 e. The number of carbonyl (C=O) groups excluding carboxylic acids is 1. The van der Waals surface area contributed by atoms with Crippen molar-refractivity contribution in [2.24, 2.45) is 5.92 Å². The molecule has 1 amide bonds. The molecule has 88 valence electrons. The normalized spacial score (nSPS) is 21.7. The van der Waals surface area contributed by atoms with Gasteiger partial charge in [0, 0.05) is 26.2 Å². The Hall–Kier alpha value is -0.610. The van der Waals surface area contributed by atoms with Gasteiger partial charge in [-0.25, -0.2) is 0 Å². The monoisotopic (exact) mass is 214 g/mol. The van der Waals surface area contributed by atoms with Gasteiger partial charge in [0.25, 0.3) is 5.91 Å². The summed E-state index contributed by atoms with van der Waals surface area (Å²) in [5, 5.41) is 3.18.